The maximum atomic E-state index is 12.4. The number of carbonyl (C=O) groups is 1. The summed E-state index contributed by atoms with van der Waals surface area (Å²) in [6, 6.07) is 1.47. The molecule has 0 bridgehead atoms. The number of hydrogen-bond donors (Lipinski definition) is 1. The molecule has 3 aliphatic rings. The standard InChI is InChI=1S/C18H33N3O/c1-20(16-7-5-3-2-4-6-8-16)18(22)19-13-15-11-12-21(14-15)17-9-10-17/h15-17H,2-14H2,1H3,(H,19,22)/t15-/m0/s1. The second kappa shape index (κ2) is 7.67. The topological polar surface area (TPSA) is 35.6 Å². The Kier molecular flexibility index (Phi) is 5.61. The zero-order valence-corrected chi connectivity index (χ0v) is 14.2. The van der Waals surface area contributed by atoms with Gasteiger partial charge < -0.3 is 15.1 Å². The van der Waals surface area contributed by atoms with Gasteiger partial charge in [-0.1, -0.05) is 32.1 Å². The van der Waals surface area contributed by atoms with Crippen LogP contribution in [-0.2, 0) is 0 Å². The molecule has 4 heteroatoms. The highest BCUT2D eigenvalue weighted by Gasteiger charge is 2.34. The summed E-state index contributed by atoms with van der Waals surface area (Å²) in [5.74, 6) is 0.662. The number of nitrogens with zero attached hydrogens (tertiary/aromatic N) is 2. The van der Waals surface area contributed by atoms with Crippen LogP contribution in [0, 0.1) is 5.92 Å². The lowest BCUT2D eigenvalue weighted by molar-refractivity contribution is 0.176. The molecule has 3 rings (SSSR count). The summed E-state index contributed by atoms with van der Waals surface area (Å²) in [5, 5.41) is 3.20. The molecule has 3 fully saturated rings. The van der Waals surface area contributed by atoms with Crippen molar-refractivity contribution in [2.75, 3.05) is 26.7 Å². The molecule has 126 valence electrons. The molecule has 0 spiro atoms. The van der Waals surface area contributed by atoms with Gasteiger partial charge in [0.2, 0.25) is 0 Å². The fraction of sp³-hybridized carbons (Fsp3) is 0.944. The summed E-state index contributed by atoms with van der Waals surface area (Å²) in [7, 11) is 1.99. The summed E-state index contributed by atoms with van der Waals surface area (Å²) in [4.78, 5) is 17.0. The van der Waals surface area contributed by atoms with Crippen molar-refractivity contribution < 1.29 is 4.79 Å². The van der Waals surface area contributed by atoms with Gasteiger partial charge in [0.15, 0.2) is 0 Å². The molecule has 2 amide bonds. The Morgan fingerprint density at radius 1 is 1.05 bits per heavy atom. The molecule has 1 saturated heterocycles. The van der Waals surface area contributed by atoms with Crippen LogP contribution in [0.4, 0.5) is 4.79 Å². The summed E-state index contributed by atoms with van der Waals surface area (Å²) >= 11 is 0. The van der Waals surface area contributed by atoms with E-state index in [4.69, 9.17) is 0 Å². The van der Waals surface area contributed by atoms with E-state index >= 15 is 0 Å². The van der Waals surface area contributed by atoms with E-state index in [1.54, 1.807) is 0 Å². The minimum Gasteiger partial charge on any atom is -0.338 e. The van der Waals surface area contributed by atoms with Crippen LogP contribution < -0.4 is 5.32 Å². The number of amides is 2. The van der Waals surface area contributed by atoms with Crippen molar-refractivity contribution in [3.63, 3.8) is 0 Å². The highest BCUT2D eigenvalue weighted by atomic mass is 16.2. The predicted molar refractivity (Wildman–Crippen MR) is 90.0 cm³/mol. The molecule has 0 unspecified atom stereocenters. The quantitative estimate of drug-likeness (QED) is 0.865. The van der Waals surface area contributed by atoms with Crippen molar-refractivity contribution in [3.05, 3.63) is 0 Å². The van der Waals surface area contributed by atoms with Crippen LogP contribution in [0.25, 0.3) is 0 Å². The molecular formula is C18H33N3O. The van der Waals surface area contributed by atoms with Crippen molar-refractivity contribution in [1.29, 1.82) is 0 Å². The van der Waals surface area contributed by atoms with Gasteiger partial charge in [0.05, 0.1) is 0 Å². The van der Waals surface area contributed by atoms with Gasteiger partial charge in [-0.2, -0.15) is 0 Å². The Balaban J connectivity index is 1.38. The van der Waals surface area contributed by atoms with Crippen LogP contribution in [0.1, 0.15) is 64.2 Å². The Labute approximate surface area is 135 Å². The van der Waals surface area contributed by atoms with E-state index < -0.39 is 0 Å². The summed E-state index contributed by atoms with van der Waals surface area (Å²) < 4.78 is 0. The highest BCUT2D eigenvalue weighted by molar-refractivity contribution is 5.74. The lowest BCUT2D eigenvalue weighted by Gasteiger charge is -2.30. The second-order valence-electron chi connectivity index (χ2n) is 7.68. The van der Waals surface area contributed by atoms with E-state index in [1.165, 1.54) is 77.3 Å². The number of rotatable bonds is 4. The number of likely N-dealkylation sites (tertiary alicyclic amines) is 1. The number of nitrogens with one attached hydrogen (secondary N) is 1. The van der Waals surface area contributed by atoms with Gasteiger partial charge in [0.1, 0.15) is 0 Å². The Morgan fingerprint density at radius 3 is 2.41 bits per heavy atom. The van der Waals surface area contributed by atoms with Crippen LogP contribution in [0.15, 0.2) is 0 Å². The first kappa shape index (κ1) is 16.1. The van der Waals surface area contributed by atoms with Crippen LogP contribution >= 0.6 is 0 Å². The second-order valence-corrected chi connectivity index (χ2v) is 7.68. The van der Waals surface area contributed by atoms with Gasteiger partial charge in [0, 0.05) is 32.2 Å². The van der Waals surface area contributed by atoms with E-state index in [2.05, 4.69) is 10.2 Å². The zero-order chi connectivity index (χ0) is 15.4. The largest absolute Gasteiger partial charge is 0.338 e. The Hall–Kier alpha value is -0.770. The normalized spacial score (nSPS) is 28.1. The number of hydrogen-bond acceptors (Lipinski definition) is 2. The Morgan fingerprint density at radius 2 is 1.73 bits per heavy atom. The van der Waals surface area contributed by atoms with Gasteiger partial charge in [-0.3, -0.25) is 0 Å². The summed E-state index contributed by atoms with van der Waals surface area (Å²) in [6.07, 6.45) is 13.0. The number of urea groups is 1. The van der Waals surface area contributed by atoms with E-state index in [-0.39, 0.29) is 6.03 Å². The zero-order valence-electron chi connectivity index (χ0n) is 14.2. The molecule has 0 aromatic heterocycles. The molecule has 2 aliphatic carbocycles. The first-order valence-corrected chi connectivity index (χ1v) is 9.49. The van der Waals surface area contributed by atoms with Gasteiger partial charge >= 0.3 is 6.03 Å². The maximum absolute atomic E-state index is 12.4. The molecule has 0 aromatic rings. The molecule has 4 nitrogen and oxygen atoms in total. The fourth-order valence-corrected chi connectivity index (χ4v) is 4.14. The third-order valence-electron chi connectivity index (χ3n) is 5.87. The van der Waals surface area contributed by atoms with Crippen molar-refractivity contribution >= 4 is 6.03 Å². The first-order valence-electron chi connectivity index (χ1n) is 9.49. The average Bonchev–Trinajstić information content (AvgIpc) is 3.23. The van der Waals surface area contributed by atoms with Gasteiger partial charge in [-0.25, -0.2) is 4.79 Å². The van der Waals surface area contributed by atoms with Gasteiger partial charge in [0.25, 0.3) is 0 Å². The van der Waals surface area contributed by atoms with E-state index in [0.29, 0.717) is 12.0 Å². The fourth-order valence-electron chi connectivity index (χ4n) is 4.14. The van der Waals surface area contributed by atoms with Gasteiger partial charge in [-0.05, 0) is 44.6 Å². The molecular weight excluding hydrogens is 274 g/mol. The third kappa shape index (κ3) is 4.37. The molecule has 1 atom stereocenters. The van der Waals surface area contributed by atoms with Crippen molar-refractivity contribution in [2.45, 2.75) is 76.3 Å². The smallest absolute Gasteiger partial charge is 0.317 e. The minimum absolute atomic E-state index is 0.149. The molecule has 1 aliphatic heterocycles. The van der Waals surface area contributed by atoms with Crippen LogP contribution in [-0.4, -0.2) is 54.6 Å². The first-order chi connectivity index (χ1) is 10.7. The molecule has 22 heavy (non-hydrogen) atoms. The maximum Gasteiger partial charge on any atom is 0.317 e. The summed E-state index contributed by atoms with van der Waals surface area (Å²) in [6.45, 7) is 3.29. The summed E-state index contributed by atoms with van der Waals surface area (Å²) in [5.41, 5.74) is 0. The minimum atomic E-state index is 0.149. The Bertz CT molecular complexity index is 361. The third-order valence-corrected chi connectivity index (χ3v) is 5.87. The van der Waals surface area contributed by atoms with E-state index in [1.807, 2.05) is 11.9 Å². The SMILES string of the molecule is CN(C(=O)NC[C@@H]1CCN(C2CC2)C1)C1CCCCCCC1. The molecule has 1 heterocycles. The van der Waals surface area contributed by atoms with Gasteiger partial charge in [-0.15, -0.1) is 0 Å². The molecule has 0 aromatic carbocycles. The predicted octanol–water partition coefficient (Wildman–Crippen LogP) is 3.23. The van der Waals surface area contributed by atoms with Crippen LogP contribution in [0.3, 0.4) is 0 Å². The van der Waals surface area contributed by atoms with E-state index in [9.17, 15) is 4.79 Å². The molecule has 2 saturated carbocycles. The van der Waals surface area contributed by atoms with Crippen molar-refractivity contribution in [2.24, 2.45) is 5.92 Å². The number of carbonyl (C=O) groups excluding carboxylic acids is 1. The molecule has 0 radical (unpaired) electrons. The lowest BCUT2D eigenvalue weighted by Crippen LogP contribution is -2.45. The van der Waals surface area contributed by atoms with Crippen LogP contribution in [0.2, 0.25) is 0 Å². The highest BCUT2D eigenvalue weighted by Crippen LogP contribution is 2.31. The monoisotopic (exact) mass is 307 g/mol. The average molecular weight is 307 g/mol. The molecule has 1 N–H and O–H groups in total. The van der Waals surface area contributed by atoms with E-state index in [0.717, 1.165) is 12.6 Å². The lowest BCUT2D eigenvalue weighted by atomic mass is 9.96. The van der Waals surface area contributed by atoms with Crippen LogP contribution in [0.5, 0.6) is 0 Å². The van der Waals surface area contributed by atoms with Crippen molar-refractivity contribution in [1.82, 2.24) is 15.1 Å². The van der Waals surface area contributed by atoms with Crippen molar-refractivity contribution in [3.8, 4) is 0 Å².